The normalized spacial score (nSPS) is 13.5. The highest BCUT2D eigenvalue weighted by Gasteiger charge is 2.03. The second-order valence-corrected chi connectivity index (χ2v) is 7.14. The summed E-state index contributed by atoms with van der Waals surface area (Å²) in [5.41, 5.74) is 6.58. The lowest BCUT2D eigenvalue weighted by Gasteiger charge is -2.10. The quantitative estimate of drug-likeness (QED) is 0.255. The van der Waals surface area contributed by atoms with Crippen molar-refractivity contribution in [3.05, 3.63) is 29.8 Å². The van der Waals surface area contributed by atoms with Gasteiger partial charge in [-0.2, -0.15) is 0 Å². The molecule has 1 rings (SSSR count). The number of aliphatic hydroxyl groups excluding tert-OH is 2. The molecular weight excluding hydrogens is 334 g/mol. The van der Waals surface area contributed by atoms with Gasteiger partial charge in [-0.05, 0) is 37.0 Å². The number of unbranched alkanes of at least 4 members (excludes halogenated alkanes) is 1. The van der Waals surface area contributed by atoms with Gasteiger partial charge in [0, 0.05) is 6.54 Å². The Labute approximate surface area is 142 Å². The van der Waals surface area contributed by atoms with Gasteiger partial charge in [0.05, 0.1) is 12.9 Å². The van der Waals surface area contributed by atoms with Crippen molar-refractivity contribution in [2.75, 3.05) is 26.0 Å². The molecule has 9 heteroatoms. The molecule has 0 aliphatic carbocycles. The molecule has 0 bridgehead atoms. The summed E-state index contributed by atoms with van der Waals surface area (Å²) in [6.45, 7) is 0.177. The number of guanidine groups is 1. The molecule has 5 N–H and O–H groups in total. The number of nitrogens with two attached hydrogens (primary N) is 1. The van der Waals surface area contributed by atoms with Crippen molar-refractivity contribution in [3.8, 4) is 5.75 Å². The van der Waals surface area contributed by atoms with Crippen LogP contribution in [0.5, 0.6) is 5.75 Å². The summed E-state index contributed by atoms with van der Waals surface area (Å²) >= 11 is 0. The predicted molar refractivity (Wildman–Crippen MR) is 92.4 cm³/mol. The summed E-state index contributed by atoms with van der Waals surface area (Å²) in [5, 5.41) is 17.9. The van der Waals surface area contributed by atoms with Crippen molar-refractivity contribution in [1.29, 1.82) is 0 Å². The molecule has 0 fully saturated rings. The second kappa shape index (κ2) is 10.1. The average Bonchev–Trinajstić information content (AvgIpc) is 2.51. The van der Waals surface area contributed by atoms with E-state index in [4.69, 9.17) is 15.6 Å². The van der Waals surface area contributed by atoms with Crippen LogP contribution in [0.15, 0.2) is 29.3 Å². The van der Waals surface area contributed by atoms with E-state index in [9.17, 15) is 13.5 Å². The number of rotatable bonds is 10. The maximum Gasteiger partial charge on any atom is 0.232 e. The molecule has 1 unspecified atom stereocenters. The monoisotopic (exact) mass is 359 g/mol. The lowest BCUT2D eigenvalue weighted by Crippen LogP contribution is -2.36. The summed E-state index contributed by atoms with van der Waals surface area (Å²) in [4.78, 5) is 3.94. The number of aryl methyl sites for hydroxylation is 1. The highest BCUT2D eigenvalue weighted by Crippen LogP contribution is 2.14. The third kappa shape index (κ3) is 9.33. The molecule has 0 aliphatic heterocycles. The van der Waals surface area contributed by atoms with Crippen LogP contribution in [-0.2, 0) is 16.4 Å². The number of hydrogen-bond acceptors (Lipinski definition) is 6. The van der Waals surface area contributed by atoms with Crippen LogP contribution >= 0.6 is 0 Å². The Morgan fingerprint density at radius 3 is 2.58 bits per heavy atom. The zero-order chi connectivity index (χ0) is 18.0. The van der Waals surface area contributed by atoms with E-state index in [1.165, 1.54) is 0 Å². The average molecular weight is 359 g/mol. The first-order chi connectivity index (χ1) is 11.3. The summed E-state index contributed by atoms with van der Waals surface area (Å²) in [6, 6.07) is 7.49. The van der Waals surface area contributed by atoms with Gasteiger partial charge in [-0.15, -0.1) is 0 Å². The Balaban J connectivity index is 2.27. The van der Waals surface area contributed by atoms with E-state index in [-0.39, 0.29) is 19.2 Å². The minimum atomic E-state index is -3.37. The number of aliphatic imine (C=N–C) groups is 1. The largest absolute Gasteiger partial charge is 0.491 e. The lowest BCUT2D eigenvalue weighted by molar-refractivity contribution is 0.0536. The molecule has 8 nitrogen and oxygen atoms in total. The van der Waals surface area contributed by atoms with Crippen molar-refractivity contribution in [2.45, 2.75) is 25.4 Å². The molecule has 0 aliphatic rings. The third-order valence-corrected chi connectivity index (χ3v) is 3.60. The maximum absolute atomic E-state index is 10.9. The van der Waals surface area contributed by atoms with Crippen LogP contribution in [0.4, 0.5) is 0 Å². The van der Waals surface area contributed by atoms with Crippen LogP contribution in [-0.4, -0.2) is 56.7 Å². The molecule has 1 aromatic carbocycles. The minimum Gasteiger partial charge on any atom is -0.491 e. The molecule has 1 aromatic rings. The first-order valence-corrected chi connectivity index (χ1v) is 9.47. The Hall–Kier alpha value is -1.84. The van der Waals surface area contributed by atoms with Gasteiger partial charge in [0.2, 0.25) is 16.0 Å². The number of nitrogens with zero attached hydrogens (tertiary/aromatic N) is 1. The van der Waals surface area contributed by atoms with Crippen LogP contribution < -0.4 is 15.2 Å². The number of hydrogen-bond donors (Lipinski definition) is 4. The molecule has 0 radical (unpaired) electrons. The molecule has 0 amide bonds. The van der Waals surface area contributed by atoms with Crippen LogP contribution in [0.1, 0.15) is 18.4 Å². The Morgan fingerprint density at radius 2 is 2.00 bits per heavy atom. The van der Waals surface area contributed by atoms with E-state index in [0.717, 1.165) is 31.1 Å². The van der Waals surface area contributed by atoms with Crippen LogP contribution in [0, 0.1) is 0 Å². The number of benzene rings is 1. The molecule has 0 aromatic heterocycles. The molecule has 0 saturated carbocycles. The van der Waals surface area contributed by atoms with Crippen molar-refractivity contribution >= 4 is 16.0 Å². The molecule has 24 heavy (non-hydrogen) atoms. The third-order valence-electron chi connectivity index (χ3n) is 3.02. The van der Waals surface area contributed by atoms with Gasteiger partial charge < -0.3 is 20.7 Å². The van der Waals surface area contributed by atoms with Crippen molar-refractivity contribution in [3.63, 3.8) is 0 Å². The molecule has 0 heterocycles. The van der Waals surface area contributed by atoms with E-state index in [2.05, 4.69) is 9.71 Å². The first kappa shape index (κ1) is 20.2. The van der Waals surface area contributed by atoms with Crippen LogP contribution in [0.3, 0.4) is 0 Å². The molecule has 136 valence electrons. The molecule has 0 saturated heterocycles. The molecular formula is C15H25N3O5S. The summed E-state index contributed by atoms with van der Waals surface area (Å²) in [5.74, 6) is 0.541. The number of ether oxygens (including phenoxy) is 1. The van der Waals surface area contributed by atoms with E-state index in [1.807, 2.05) is 24.3 Å². The number of aliphatic hydroxyl groups is 2. The van der Waals surface area contributed by atoms with E-state index >= 15 is 0 Å². The molecule has 1 atom stereocenters. The van der Waals surface area contributed by atoms with Gasteiger partial charge in [0.1, 0.15) is 18.5 Å². The van der Waals surface area contributed by atoms with E-state index in [1.54, 1.807) is 0 Å². The van der Waals surface area contributed by atoms with Gasteiger partial charge in [0.15, 0.2) is 0 Å². The van der Waals surface area contributed by atoms with Gasteiger partial charge in [-0.3, -0.25) is 9.71 Å². The summed E-state index contributed by atoms with van der Waals surface area (Å²) in [6.07, 6.45) is 2.67. The zero-order valence-corrected chi connectivity index (χ0v) is 14.5. The smallest absolute Gasteiger partial charge is 0.232 e. The lowest BCUT2D eigenvalue weighted by atomic mass is 10.1. The predicted octanol–water partition coefficient (Wildman–Crippen LogP) is -0.395. The van der Waals surface area contributed by atoms with E-state index < -0.39 is 16.1 Å². The van der Waals surface area contributed by atoms with Gasteiger partial charge in [0.25, 0.3) is 0 Å². The molecule has 0 spiro atoms. The van der Waals surface area contributed by atoms with Crippen LogP contribution in [0.2, 0.25) is 0 Å². The fourth-order valence-corrected chi connectivity index (χ4v) is 2.30. The summed E-state index contributed by atoms with van der Waals surface area (Å²) in [7, 11) is -3.37. The second-order valence-electron chi connectivity index (χ2n) is 5.39. The fraction of sp³-hybridized carbons (Fsp3) is 0.533. The standard InChI is InChI=1S/C15H25N3O5S/c1-24(21,22)18-15(16)17-9-3-2-4-12-5-7-14(8-6-12)23-11-13(20)10-19/h5-8,13,19-20H,2-4,9-11H2,1H3,(H3,16,17,18). The number of nitrogens with one attached hydrogen (secondary N) is 1. The Bertz CT molecular complexity index is 617. The SMILES string of the molecule is CS(=O)(=O)NC(N)=NCCCCc1ccc(OCC(O)CO)cc1. The highest BCUT2D eigenvalue weighted by atomic mass is 32.2. The van der Waals surface area contributed by atoms with Gasteiger partial charge >= 0.3 is 0 Å². The topological polar surface area (TPSA) is 134 Å². The van der Waals surface area contributed by atoms with E-state index in [0.29, 0.717) is 12.3 Å². The van der Waals surface area contributed by atoms with Gasteiger partial charge in [-0.25, -0.2) is 8.42 Å². The van der Waals surface area contributed by atoms with Crippen LogP contribution in [0.25, 0.3) is 0 Å². The van der Waals surface area contributed by atoms with Crippen molar-refractivity contribution in [2.24, 2.45) is 10.7 Å². The maximum atomic E-state index is 10.9. The first-order valence-electron chi connectivity index (χ1n) is 7.58. The fourth-order valence-electron chi connectivity index (χ4n) is 1.86. The number of sulfonamides is 1. The van der Waals surface area contributed by atoms with Gasteiger partial charge in [-0.1, -0.05) is 12.1 Å². The summed E-state index contributed by atoms with van der Waals surface area (Å²) < 4.78 is 29.3. The van der Waals surface area contributed by atoms with Crippen molar-refractivity contribution < 1.29 is 23.4 Å². The highest BCUT2D eigenvalue weighted by molar-refractivity contribution is 7.89. The minimum absolute atomic E-state index is 0.0524. The zero-order valence-electron chi connectivity index (χ0n) is 13.7. The van der Waals surface area contributed by atoms with Crippen molar-refractivity contribution in [1.82, 2.24) is 4.72 Å². The Morgan fingerprint density at radius 1 is 1.33 bits per heavy atom. The Kier molecular flexibility index (Phi) is 8.51.